The Morgan fingerprint density at radius 2 is 1.84 bits per heavy atom. The predicted octanol–water partition coefficient (Wildman–Crippen LogP) is 4.44. The fourth-order valence-corrected chi connectivity index (χ4v) is 6.75. The maximum atomic E-state index is 13.3. The largest absolute Gasteiger partial charge is 0.508 e. The molecule has 0 spiro atoms. The van der Waals surface area contributed by atoms with Gasteiger partial charge in [-0.25, -0.2) is 13.4 Å². The van der Waals surface area contributed by atoms with E-state index in [2.05, 4.69) is 4.98 Å². The van der Waals surface area contributed by atoms with Crippen molar-refractivity contribution in [1.29, 1.82) is 0 Å². The molecule has 0 amide bonds. The van der Waals surface area contributed by atoms with Crippen molar-refractivity contribution < 1.29 is 28.2 Å². The molecule has 38 heavy (non-hydrogen) atoms. The van der Waals surface area contributed by atoms with Gasteiger partial charge in [-0.3, -0.25) is 4.79 Å². The van der Waals surface area contributed by atoms with Crippen molar-refractivity contribution in [1.82, 2.24) is 13.9 Å². The average molecular weight is 532 g/mol. The number of phenolic OH excluding ortho intramolecular Hbond substituents is 2. The van der Waals surface area contributed by atoms with Crippen molar-refractivity contribution in [2.75, 3.05) is 13.1 Å². The zero-order chi connectivity index (χ0) is 26.6. The summed E-state index contributed by atoms with van der Waals surface area (Å²) < 4.78 is 35.7. The Morgan fingerprint density at radius 1 is 1.05 bits per heavy atom. The lowest BCUT2D eigenvalue weighted by molar-refractivity contribution is 0.101. The molecule has 0 saturated carbocycles. The number of aromatic nitrogens is 2. The molecule has 9 nitrogen and oxygen atoms in total. The van der Waals surface area contributed by atoms with Crippen LogP contribution in [0.2, 0.25) is 0 Å². The normalized spacial score (nSPS) is 17.2. The molecule has 10 heteroatoms. The van der Waals surface area contributed by atoms with Crippen LogP contribution < -0.4 is 4.74 Å². The zero-order valence-corrected chi connectivity index (χ0v) is 21.4. The maximum absolute atomic E-state index is 13.3. The first-order chi connectivity index (χ1) is 18.2. The smallest absolute Gasteiger partial charge is 0.243 e. The van der Waals surface area contributed by atoms with Gasteiger partial charge in [0.1, 0.15) is 28.5 Å². The van der Waals surface area contributed by atoms with Crippen LogP contribution >= 0.6 is 0 Å². The van der Waals surface area contributed by atoms with E-state index in [0.717, 1.165) is 36.3 Å². The van der Waals surface area contributed by atoms with Gasteiger partial charge in [0, 0.05) is 55.6 Å². The van der Waals surface area contributed by atoms with Gasteiger partial charge in [0.25, 0.3) is 0 Å². The van der Waals surface area contributed by atoms with E-state index in [1.54, 1.807) is 41.0 Å². The van der Waals surface area contributed by atoms with Crippen LogP contribution in [0.4, 0.5) is 0 Å². The lowest BCUT2D eigenvalue weighted by Crippen LogP contribution is -2.35. The third kappa shape index (κ3) is 3.93. The van der Waals surface area contributed by atoms with Crippen LogP contribution in [0.3, 0.4) is 0 Å². The van der Waals surface area contributed by atoms with E-state index in [0.29, 0.717) is 29.9 Å². The maximum Gasteiger partial charge on any atom is 0.243 e. The number of aryl methyl sites for hydroxylation is 1. The number of piperidine rings is 1. The molecule has 2 aromatic carbocycles. The van der Waals surface area contributed by atoms with Gasteiger partial charge in [0.05, 0.1) is 4.90 Å². The second-order valence-electron chi connectivity index (χ2n) is 9.52. The van der Waals surface area contributed by atoms with Crippen molar-refractivity contribution in [3.8, 4) is 28.4 Å². The molecule has 6 rings (SSSR count). The van der Waals surface area contributed by atoms with E-state index < -0.39 is 15.8 Å². The number of rotatable bonds is 4. The number of nitrogens with zero attached hydrogens (tertiary/aromatic N) is 3. The van der Waals surface area contributed by atoms with Gasteiger partial charge < -0.3 is 19.5 Å². The van der Waals surface area contributed by atoms with Crippen molar-refractivity contribution in [3.63, 3.8) is 0 Å². The Bertz CT molecular complexity index is 1750. The highest BCUT2D eigenvalue weighted by Gasteiger charge is 2.32. The van der Waals surface area contributed by atoms with E-state index in [1.165, 1.54) is 6.07 Å². The van der Waals surface area contributed by atoms with Gasteiger partial charge in [0.2, 0.25) is 15.8 Å². The number of fused-ring (bicyclic) bond motifs is 2. The number of allylic oxidation sites excluding steroid dienone is 1. The molecule has 2 aliphatic heterocycles. The van der Waals surface area contributed by atoms with Crippen LogP contribution in [0.5, 0.6) is 17.2 Å². The van der Waals surface area contributed by atoms with Crippen molar-refractivity contribution in [2.24, 2.45) is 7.05 Å². The minimum absolute atomic E-state index is 0.00960. The van der Waals surface area contributed by atoms with E-state index in [-0.39, 0.29) is 33.5 Å². The van der Waals surface area contributed by atoms with E-state index in [4.69, 9.17) is 4.74 Å². The number of phenols is 2. The van der Waals surface area contributed by atoms with Crippen LogP contribution in [-0.2, 0) is 17.1 Å². The Labute approximate surface area is 219 Å². The van der Waals surface area contributed by atoms with Gasteiger partial charge in [-0.1, -0.05) is 18.6 Å². The molecule has 2 N–H and O–H groups in total. The summed E-state index contributed by atoms with van der Waals surface area (Å²) >= 11 is 0. The highest BCUT2D eigenvalue weighted by atomic mass is 32.2. The number of pyridine rings is 1. The number of aromatic hydroxyl groups is 2. The van der Waals surface area contributed by atoms with Crippen LogP contribution in [0.25, 0.3) is 28.2 Å². The Hall–Kier alpha value is -4.15. The molecule has 0 unspecified atom stereocenters. The monoisotopic (exact) mass is 531 g/mol. The highest BCUT2D eigenvalue weighted by molar-refractivity contribution is 7.89. The molecule has 2 aromatic heterocycles. The lowest BCUT2D eigenvalue weighted by Gasteiger charge is -2.26. The average Bonchev–Trinajstić information content (AvgIpc) is 3.40. The second-order valence-corrected chi connectivity index (χ2v) is 11.5. The van der Waals surface area contributed by atoms with Crippen LogP contribution in [0, 0.1) is 0 Å². The molecule has 0 atom stereocenters. The Kier molecular flexibility index (Phi) is 5.73. The fraction of sp³-hybridized carbons (Fsp3) is 0.214. The first-order valence-electron chi connectivity index (χ1n) is 12.3. The molecule has 4 aromatic rings. The summed E-state index contributed by atoms with van der Waals surface area (Å²) in [4.78, 5) is 17.7. The zero-order valence-electron chi connectivity index (χ0n) is 20.6. The summed E-state index contributed by atoms with van der Waals surface area (Å²) in [5, 5.41) is 20.7. The summed E-state index contributed by atoms with van der Waals surface area (Å²) in [5.74, 6) is -1.01. The van der Waals surface area contributed by atoms with Crippen LogP contribution in [0.15, 0.2) is 65.5 Å². The van der Waals surface area contributed by atoms with Gasteiger partial charge >= 0.3 is 0 Å². The SMILES string of the molecule is Cn1cc(C=C2Oc3cc(O)cc(O)c3C2=O)c2c(-c3cccc(S(=O)(=O)N4CCCCC4)c3)ccnc21. The molecule has 0 bridgehead atoms. The Balaban J connectivity index is 1.46. The van der Waals surface area contributed by atoms with Crippen LogP contribution in [-0.4, -0.2) is 51.4 Å². The van der Waals surface area contributed by atoms with Crippen molar-refractivity contribution in [2.45, 2.75) is 24.2 Å². The Morgan fingerprint density at radius 3 is 2.63 bits per heavy atom. The van der Waals surface area contributed by atoms with Gasteiger partial charge in [0.15, 0.2) is 5.76 Å². The van der Waals surface area contributed by atoms with Crippen molar-refractivity contribution >= 4 is 32.9 Å². The number of sulfonamides is 1. The summed E-state index contributed by atoms with van der Waals surface area (Å²) in [6, 6.07) is 11.1. The molecule has 2 aliphatic rings. The first kappa shape index (κ1) is 24.2. The van der Waals surface area contributed by atoms with E-state index >= 15 is 0 Å². The molecule has 1 fully saturated rings. The van der Waals surface area contributed by atoms with Crippen molar-refractivity contribution in [3.05, 3.63) is 71.7 Å². The van der Waals surface area contributed by atoms with E-state index in [1.807, 2.05) is 23.7 Å². The van der Waals surface area contributed by atoms with Crippen LogP contribution in [0.1, 0.15) is 35.2 Å². The van der Waals surface area contributed by atoms with Gasteiger partial charge in [-0.2, -0.15) is 4.31 Å². The predicted molar refractivity (Wildman–Crippen MR) is 141 cm³/mol. The molecular weight excluding hydrogens is 506 g/mol. The first-order valence-corrected chi connectivity index (χ1v) is 13.7. The number of hydrogen-bond donors (Lipinski definition) is 2. The molecule has 1 saturated heterocycles. The molecule has 194 valence electrons. The number of carbonyl (C=O) groups excluding carboxylic acids is 1. The summed E-state index contributed by atoms with van der Waals surface area (Å²) in [6.45, 7) is 1.04. The number of carbonyl (C=O) groups is 1. The topological polar surface area (TPSA) is 122 Å². The minimum Gasteiger partial charge on any atom is -0.508 e. The molecular formula is C28H25N3O6S. The highest BCUT2D eigenvalue weighted by Crippen LogP contribution is 2.41. The molecule has 4 heterocycles. The fourth-order valence-electron chi connectivity index (χ4n) is 5.19. The molecule has 0 radical (unpaired) electrons. The van der Waals surface area contributed by atoms with Gasteiger partial charge in [-0.05, 0) is 48.2 Å². The number of Topliss-reactive ketones (excluding diaryl/α,β-unsaturated/α-hetero) is 1. The third-order valence-electron chi connectivity index (χ3n) is 7.01. The van der Waals surface area contributed by atoms with E-state index in [9.17, 15) is 23.4 Å². The third-order valence-corrected chi connectivity index (χ3v) is 8.90. The minimum atomic E-state index is -3.62. The van der Waals surface area contributed by atoms with Gasteiger partial charge in [-0.15, -0.1) is 0 Å². The summed E-state index contributed by atoms with van der Waals surface area (Å²) in [5.41, 5.74) is 2.72. The summed E-state index contributed by atoms with van der Waals surface area (Å²) in [6.07, 6.45) is 7.78. The number of ether oxygens (including phenoxy) is 1. The quantitative estimate of drug-likeness (QED) is 0.373. The number of ketones is 1. The molecule has 0 aliphatic carbocycles. The standard InChI is InChI=1S/C28H25N3O6S/c1-30-16-18(13-24-27(34)26-22(33)14-19(32)15-23(26)37-24)25-21(8-9-29-28(25)30)17-6-5-7-20(12-17)38(35,36)31-10-3-2-4-11-31/h5-9,12-16,32-33H,2-4,10-11H2,1H3. The number of hydrogen-bond acceptors (Lipinski definition) is 7. The summed E-state index contributed by atoms with van der Waals surface area (Å²) in [7, 11) is -1.80. The lowest BCUT2D eigenvalue weighted by atomic mass is 10.0. The second kappa shape index (κ2) is 9.00. The number of benzene rings is 2.